The number of hydrogen-bond donors (Lipinski definition) is 1. The molecule has 18 heavy (non-hydrogen) atoms. The maximum Gasteiger partial charge on any atom is 0.258 e. The molecule has 0 spiro atoms. The summed E-state index contributed by atoms with van der Waals surface area (Å²) in [6.07, 6.45) is 5.25. The Morgan fingerprint density at radius 2 is 2.39 bits per heavy atom. The van der Waals surface area contributed by atoms with Crippen molar-refractivity contribution in [2.24, 2.45) is 0 Å². The van der Waals surface area contributed by atoms with Gasteiger partial charge in [-0.1, -0.05) is 6.07 Å². The Balaban J connectivity index is 1.97. The highest BCUT2D eigenvalue weighted by Gasteiger charge is 2.30. The topological polar surface area (TPSA) is 57.8 Å². The summed E-state index contributed by atoms with van der Waals surface area (Å²) in [5.41, 5.74) is 1.42. The second-order valence-electron chi connectivity index (χ2n) is 4.57. The van der Waals surface area contributed by atoms with E-state index in [1.165, 1.54) is 0 Å². The highest BCUT2D eigenvalue weighted by Crippen LogP contribution is 2.21. The third-order valence-electron chi connectivity index (χ3n) is 3.51. The average molecular weight is 245 g/mol. The highest BCUT2D eigenvalue weighted by atomic mass is 16.3. The van der Waals surface area contributed by atoms with E-state index in [2.05, 4.69) is 5.10 Å². The van der Waals surface area contributed by atoms with Gasteiger partial charge in [0, 0.05) is 12.7 Å². The van der Waals surface area contributed by atoms with Crippen molar-refractivity contribution in [2.45, 2.75) is 18.9 Å². The van der Waals surface area contributed by atoms with E-state index in [-0.39, 0.29) is 18.6 Å². The number of nitrogens with zero attached hydrogens (tertiary/aromatic N) is 3. The minimum atomic E-state index is -0.0452. The maximum atomic E-state index is 12.5. The molecule has 1 amide bonds. The van der Waals surface area contributed by atoms with Crippen LogP contribution in [-0.4, -0.2) is 44.7 Å². The molecule has 0 saturated carbocycles. The van der Waals surface area contributed by atoms with Crippen LogP contribution in [0.15, 0.2) is 30.6 Å². The van der Waals surface area contributed by atoms with E-state index in [9.17, 15) is 9.90 Å². The van der Waals surface area contributed by atoms with Gasteiger partial charge in [-0.15, -0.1) is 0 Å². The molecule has 94 valence electrons. The van der Waals surface area contributed by atoms with E-state index in [1.54, 1.807) is 15.6 Å². The third kappa shape index (κ3) is 1.67. The molecule has 2 aromatic rings. The molecular formula is C13H15N3O2. The molecule has 1 aliphatic heterocycles. The van der Waals surface area contributed by atoms with Gasteiger partial charge in [-0.2, -0.15) is 5.10 Å². The summed E-state index contributed by atoms with van der Waals surface area (Å²) in [6, 6.07) is 5.60. The van der Waals surface area contributed by atoms with Crippen LogP contribution in [0.3, 0.4) is 0 Å². The Hall–Kier alpha value is -1.88. The van der Waals surface area contributed by atoms with Gasteiger partial charge in [-0.25, -0.2) is 4.52 Å². The SMILES string of the molecule is O=C(c1cnn2ccccc12)N1CCCC1CO. The highest BCUT2D eigenvalue weighted by molar-refractivity contribution is 6.00. The molecule has 2 aromatic heterocycles. The first-order valence-electron chi connectivity index (χ1n) is 6.15. The van der Waals surface area contributed by atoms with Crippen LogP contribution in [-0.2, 0) is 0 Å². The zero-order valence-corrected chi connectivity index (χ0v) is 9.99. The number of fused-ring (bicyclic) bond motifs is 1. The Morgan fingerprint density at radius 1 is 1.50 bits per heavy atom. The van der Waals surface area contributed by atoms with Gasteiger partial charge >= 0.3 is 0 Å². The molecular weight excluding hydrogens is 230 g/mol. The van der Waals surface area contributed by atoms with Crippen molar-refractivity contribution in [3.63, 3.8) is 0 Å². The van der Waals surface area contributed by atoms with Crippen molar-refractivity contribution >= 4 is 11.4 Å². The quantitative estimate of drug-likeness (QED) is 0.856. The summed E-state index contributed by atoms with van der Waals surface area (Å²) in [4.78, 5) is 14.2. The number of aliphatic hydroxyl groups is 1. The Kier molecular flexibility index (Phi) is 2.76. The van der Waals surface area contributed by atoms with E-state index < -0.39 is 0 Å². The Labute approximate surface area is 105 Å². The van der Waals surface area contributed by atoms with E-state index in [0.29, 0.717) is 12.1 Å². The van der Waals surface area contributed by atoms with Crippen molar-refractivity contribution in [1.29, 1.82) is 0 Å². The standard InChI is InChI=1S/C13H15N3O2/c17-9-10-4-3-6-15(10)13(18)11-8-14-16-7-2-1-5-12(11)16/h1-2,5,7-8,10,17H,3-4,6,9H2. The van der Waals surface area contributed by atoms with Crippen LogP contribution in [0.2, 0.25) is 0 Å². The number of pyridine rings is 1. The molecule has 5 heteroatoms. The third-order valence-corrected chi connectivity index (χ3v) is 3.51. The number of amides is 1. The smallest absolute Gasteiger partial charge is 0.258 e. The number of carbonyl (C=O) groups excluding carboxylic acids is 1. The molecule has 1 fully saturated rings. The first-order chi connectivity index (χ1) is 8.81. The normalized spacial score (nSPS) is 19.6. The first-order valence-corrected chi connectivity index (χ1v) is 6.15. The summed E-state index contributed by atoms with van der Waals surface area (Å²) in [6.45, 7) is 0.749. The van der Waals surface area contributed by atoms with E-state index in [1.807, 2.05) is 24.4 Å². The lowest BCUT2D eigenvalue weighted by Crippen LogP contribution is -2.37. The second-order valence-corrected chi connectivity index (χ2v) is 4.57. The molecule has 1 aliphatic rings. The van der Waals surface area contributed by atoms with E-state index in [4.69, 9.17) is 0 Å². The van der Waals surface area contributed by atoms with Crippen molar-refractivity contribution in [3.8, 4) is 0 Å². The van der Waals surface area contributed by atoms with Crippen molar-refractivity contribution in [3.05, 3.63) is 36.2 Å². The zero-order chi connectivity index (χ0) is 12.5. The molecule has 1 saturated heterocycles. The molecule has 1 N–H and O–H groups in total. The Morgan fingerprint density at radius 3 is 3.22 bits per heavy atom. The van der Waals surface area contributed by atoms with E-state index in [0.717, 1.165) is 18.4 Å². The van der Waals surface area contributed by atoms with Crippen LogP contribution in [0.1, 0.15) is 23.2 Å². The van der Waals surface area contributed by atoms with Crippen molar-refractivity contribution < 1.29 is 9.90 Å². The molecule has 3 rings (SSSR count). The van der Waals surface area contributed by atoms with Crippen LogP contribution < -0.4 is 0 Å². The van der Waals surface area contributed by atoms with Gasteiger partial charge in [0.1, 0.15) is 0 Å². The molecule has 5 nitrogen and oxygen atoms in total. The average Bonchev–Trinajstić information content (AvgIpc) is 3.04. The largest absolute Gasteiger partial charge is 0.394 e. The maximum absolute atomic E-state index is 12.5. The number of hydrogen-bond acceptors (Lipinski definition) is 3. The fraction of sp³-hybridized carbons (Fsp3) is 0.385. The molecule has 1 atom stereocenters. The van der Waals surface area contributed by atoms with Gasteiger partial charge in [0.25, 0.3) is 5.91 Å². The fourth-order valence-electron chi connectivity index (χ4n) is 2.55. The summed E-state index contributed by atoms with van der Waals surface area (Å²) < 4.78 is 1.69. The Bertz CT molecular complexity index is 578. The van der Waals surface area contributed by atoms with Crippen LogP contribution >= 0.6 is 0 Å². The molecule has 0 bridgehead atoms. The lowest BCUT2D eigenvalue weighted by molar-refractivity contribution is 0.0679. The monoisotopic (exact) mass is 245 g/mol. The number of carbonyl (C=O) groups is 1. The molecule has 1 unspecified atom stereocenters. The molecule has 0 aliphatic carbocycles. The van der Waals surface area contributed by atoms with Crippen molar-refractivity contribution in [2.75, 3.05) is 13.2 Å². The first kappa shape index (κ1) is 11.2. The summed E-state index contributed by atoms with van der Waals surface area (Å²) in [5.74, 6) is -0.0345. The van der Waals surface area contributed by atoms with Gasteiger partial charge in [0.15, 0.2) is 0 Å². The van der Waals surface area contributed by atoms with Gasteiger partial charge in [-0.05, 0) is 25.0 Å². The van der Waals surface area contributed by atoms with E-state index >= 15 is 0 Å². The lowest BCUT2D eigenvalue weighted by Gasteiger charge is -2.22. The van der Waals surface area contributed by atoms with Crippen LogP contribution in [0, 0.1) is 0 Å². The number of likely N-dealkylation sites (tertiary alicyclic amines) is 1. The van der Waals surface area contributed by atoms with Gasteiger partial charge < -0.3 is 10.0 Å². The van der Waals surface area contributed by atoms with Crippen molar-refractivity contribution in [1.82, 2.24) is 14.5 Å². The molecule has 0 aromatic carbocycles. The number of aliphatic hydroxyl groups excluding tert-OH is 1. The summed E-state index contributed by atoms with van der Waals surface area (Å²) >= 11 is 0. The fourth-order valence-corrected chi connectivity index (χ4v) is 2.55. The van der Waals surface area contributed by atoms with Crippen LogP contribution in [0.5, 0.6) is 0 Å². The van der Waals surface area contributed by atoms with Gasteiger partial charge in [0.2, 0.25) is 0 Å². The van der Waals surface area contributed by atoms with Gasteiger partial charge in [-0.3, -0.25) is 4.79 Å². The lowest BCUT2D eigenvalue weighted by atomic mass is 10.2. The van der Waals surface area contributed by atoms with Crippen LogP contribution in [0.4, 0.5) is 0 Å². The van der Waals surface area contributed by atoms with Crippen LogP contribution in [0.25, 0.3) is 5.52 Å². The van der Waals surface area contributed by atoms with Gasteiger partial charge in [0.05, 0.1) is 29.9 Å². The predicted molar refractivity (Wildman–Crippen MR) is 66.3 cm³/mol. The minimum Gasteiger partial charge on any atom is -0.394 e. The molecule has 0 radical (unpaired) electrons. The number of aromatic nitrogens is 2. The predicted octanol–water partition coefficient (Wildman–Crippen LogP) is 0.931. The minimum absolute atomic E-state index is 0.0327. The number of rotatable bonds is 2. The molecule has 3 heterocycles. The summed E-state index contributed by atoms with van der Waals surface area (Å²) in [7, 11) is 0. The summed E-state index contributed by atoms with van der Waals surface area (Å²) in [5, 5.41) is 13.5. The second kappa shape index (κ2) is 4.42. The zero-order valence-electron chi connectivity index (χ0n) is 9.99.